The van der Waals surface area contributed by atoms with E-state index in [1.54, 1.807) is 11.3 Å². The third-order valence-electron chi connectivity index (χ3n) is 3.03. The summed E-state index contributed by atoms with van der Waals surface area (Å²) in [5.41, 5.74) is 3.42. The average Bonchev–Trinajstić information content (AvgIpc) is 2.88. The van der Waals surface area contributed by atoms with Crippen LogP contribution in [-0.4, -0.2) is 21.8 Å². The van der Waals surface area contributed by atoms with Gasteiger partial charge in [-0.2, -0.15) is 5.10 Å². The van der Waals surface area contributed by atoms with Gasteiger partial charge in [0, 0.05) is 24.2 Å². The zero-order chi connectivity index (χ0) is 13.3. The van der Waals surface area contributed by atoms with Gasteiger partial charge >= 0.3 is 0 Å². The molecule has 1 N–H and O–H groups in total. The fraction of sp³-hybridized carbons (Fsp3) is 0.538. The van der Waals surface area contributed by atoms with Gasteiger partial charge < -0.3 is 5.32 Å². The molecule has 5 heteroatoms. The molecule has 1 atom stereocenters. The highest BCUT2D eigenvalue weighted by molar-refractivity contribution is 7.09. The van der Waals surface area contributed by atoms with E-state index in [9.17, 15) is 0 Å². The molecule has 0 saturated carbocycles. The molecule has 1 unspecified atom stereocenters. The normalized spacial score (nSPS) is 13.2. The van der Waals surface area contributed by atoms with Crippen LogP contribution in [0.25, 0.3) is 0 Å². The van der Waals surface area contributed by atoms with Crippen molar-refractivity contribution in [3.63, 3.8) is 0 Å². The number of nitrogens with zero attached hydrogens (tertiary/aromatic N) is 3. The summed E-state index contributed by atoms with van der Waals surface area (Å²) in [7, 11) is 3.91. The van der Waals surface area contributed by atoms with Gasteiger partial charge in [0.2, 0.25) is 0 Å². The molecule has 0 aliphatic heterocycles. The minimum Gasteiger partial charge on any atom is -0.307 e. The van der Waals surface area contributed by atoms with Gasteiger partial charge in [-0.15, -0.1) is 11.3 Å². The summed E-state index contributed by atoms with van der Waals surface area (Å²) in [5.74, 6) is 0.475. The summed E-state index contributed by atoms with van der Waals surface area (Å²) >= 11 is 1.71. The molecule has 0 aliphatic carbocycles. The van der Waals surface area contributed by atoms with E-state index in [1.807, 2.05) is 25.7 Å². The molecular weight excluding hydrogens is 244 g/mol. The highest BCUT2D eigenvalue weighted by Gasteiger charge is 2.20. The second-order valence-corrected chi connectivity index (χ2v) is 5.72. The molecule has 18 heavy (non-hydrogen) atoms. The first-order valence-electron chi connectivity index (χ1n) is 6.15. The Bertz CT molecular complexity index is 527. The molecule has 2 aromatic heterocycles. The van der Waals surface area contributed by atoms with Crippen LogP contribution in [0, 0.1) is 6.92 Å². The first-order chi connectivity index (χ1) is 8.52. The molecule has 0 aromatic carbocycles. The van der Waals surface area contributed by atoms with Crippen molar-refractivity contribution in [2.45, 2.75) is 32.7 Å². The molecule has 0 bridgehead atoms. The molecule has 2 aromatic rings. The van der Waals surface area contributed by atoms with Gasteiger partial charge in [0.05, 0.1) is 17.4 Å². The highest BCUT2D eigenvalue weighted by Crippen LogP contribution is 2.28. The molecule has 4 nitrogen and oxygen atoms in total. The van der Waals surface area contributed by atoms with Gasteiger partial charge in [-0.3, -0.25) is 4.68 Å². The van der Waals surface area contributed by atoms with Gasteiger partial charge in [0.1, 0.15) is 5.01 Å². The van der Waals surface area contributed by atoms with Crippen LogP contribution in [0.1, 0.15) is 47.8 Å². The van der Waals surface area contributed by atoms with Crippen molar-refractivity contribution < 1.29 is 0 Å². The van der Waals surface area contributed by atoms with Crippen molar-refractivity contribution in [2.75, 3.05) is 7.05 Å². The Kier molecular flexibility index (Phi) is 3.82. The highest BCUT2D eigenvalue weighted by atomic mass is 32.1. The molecule has 0 radical (unpaired) electrons. The standard InChI is InChI=1S/C13H20N4S/c1-8(2)11-7-18-13(15-11)12(14-4)10-6-17(5)16-9(10)3/h6-8,12,14H,1-5H3. The summed E-state index contributed by atoms with van der Waals surface area (Å²) in [6.45, 7) is 6.38. The monoisotopic (exact) mass is 264 g/mol. The number of nitrogens with one attached hydrogen (secondary N) is 1. The van der Waals surface area contributed by atoms with E-state index in [1.165, 1.54) is 5.56 Å². The second-order valence-electron chi connectivity index (χ2n) is 4.83. The molecule has 0 spiro atoms. The fourth-order valence-corrected chi connectivity index (χ4v) is 3.12. The van der Waals surface area contributed by atoms with Crippen LogP contribution in [-0.2, 0) is 7.05 Å². The predicted octanol–water partition coefficient (Wildman–Crippen LogP) is 2.62. The van der Waals surface area contributed by atoms with Crippen LogP contribution in [0.4, 0.5) is 0 Å². The second kappa shape index (κ2) is 5.20. The lowest BCUT2D eigenvalue weighted by atomic mass is 10.1. The Morgan fingerprint density at radius 2 is 2.11 bits per heavy atom. The number of hydrogen-bond acceptors (Lipinski definition) is 4. The summed E-state index contributed by atoms with van der Waals surface area (Å²) in [5, 5.41) is 11.0. The lowest BCUT2D eigenvalue weighted by Crippen LogP contribution is -2.18. The van der Waals surface area contributed by atoms with E-state index in [-0.39, 0.29) is 6.04 Å². The molecule has 0 aliphatic rings. The van der Waals surface area contributed by atoms with Crippen molar-refractivity contribution in [2.24, 2.45) is 7.05 Å². The number of aromatic nitrogens is 3. The number of rotatable bonds is 4. The molecular formula is C13H20N4S. The Morgan fingerprint density at radius 1 is 1.39 bits per heavy atom. The lowest BCUT2D eigenvalue weighted by molar-refractivity contribution is 0.674. The first-order valence-corrected chi connectivity index (χ1v) is 7.03. The minimum atomic E-state index is 0.135. The van der Waals surface area contributed by atoms with Crippen molar-refractivity contribution >= 4 is 11.3 Å². The molecule has 0 fully saturated rings. The Labute approximate surface area is 112 Å². The average molecular weight is 264 g/mol. The van der Waals surface area contributed by atoms with Crippen molar-refractivity contribution in [3.05, 3.63) is 33.5 Å². The van der Waals surface area contributed by atoms with Crippen LogP contribution in [0.15, 0.2) is 11.6 Å². The van der Waals surface area contributed by atoms with Crippen molar-refractivity contribution in [1.82, 2.24) is 20.1 Å². The van der Waals surface area contributed by atoms with E-state index >= 15 is 0 Å². The van der Waals surface area contributed by atoms with E-state index in [2.05, 4.69) is 35.8 Å². The summed E-state index contributed by atoms with van der Waals surface area (Å²) in [4.78, 5) is 4.73. The van der Waals surface area contributed by atoms with Crippen LogP contribution >= 0.6 is 11.3 Å². The number of aryl methyl sites for hydroxylation is 2. The maximum absolute atomic E-state index is 4.73. The number of hydrogen-bond donors (Lipinski definition) is 1. The topological polar surface area (TPSA) is 42.7 Å². The zero-order valence-electron chi connectivity index (χ0n) is 11.6. The van der Waals surface area contributed by atoms with Gasteiger partial charge in [0.15, 0.2) is 0 Å². The Balaban J connectivity index is 2.35. The SMILES string of the molecule is CNC(c1nc(C(C)C)cs1)c1cn(C)nc1C. The lowest BCUT2D eigenvalue weighted by Gasteiger charge is -2.12. The van der Waals surface area contributed by atoms with Gasteiger partial charge in [-0.25, -0.2) is 4.98 Å². The van der Waals surface area contributed by atoms with Crippen LogP contribution < -0.4 is 5.32 Å². The maximum atomic E-state index is 4.73. The van der Waals surface area contributed by atoms with E-state index in [0.717, 1.165) is 16.4 Å². The largest absolute Gasteiger partial charge is 0.307 e. The minimum absolute atomic E-state index is 0.135. The first kappa shape index (κ1) is 13.2. The van der Waals surface area contributed by atoms with Crippen LogP contribution in [0.5, 0.6) is 0 Å². The van der Waals surface area contributed by atoms with Gasteiger partial charge in [-0.05, 0) is 19.9 Å². The molecule has 98 valence electrons. The molecule has 2 rings (SSSR count). The fourth-order valence-electron chi connectivity index (χ4n) is 2.01. The zero-order valence-corrected chi connectivity index (χ0v) is 12.4. The summed E-state index contributed by atoms with van der Waals surface area (Å²) in [6, 6.07) is 0.135. The van der Waals surface area contributed by atoms with Crippen LogP contribution in [0.3, 0.4) is 0 Å². The smallest absolute Gasteiger partial charge is 0.115 e. The van der Waals surface area contributed by atoms with E-state index < -0.39 is 0 Å². The molecule has 0 amide bonds. The van der Waals surface area contributed by atoms with Crippen molar-refractivity contribution in [1.29, 1.82) is 0 Å². The molecule has 0 saturated heterocycles. The predicted molar refractivity (Wildman–Crippen MR) is 75.1 cm³/mol. The third-order valence-corrected chi connectivity index (χ3v) is 3.96. The Morgan fingerprint density at radius 3 is 2.56 bits per heavy atom. The quantitative estimate of drug-likeness (QED) is 0.923. The van der Waals surface area contributed by atoms with E-state index in [4.69, 9.17) is 4.98 Å². The maximum Gasteiger partial charge on any atom is 0.115 e. The van der Waals surface area contributed by atoms with Gasteiger partial charge in [-0.1, -0.05) is 13.8 Å². The third kappa shape index (κ3) is 2.47. The molecule has 2 heterocycles. The van der Waals surface area contributed by atoms with E-state index in [0.29, 0.717) is 5.92 Å². The van der Waals surface area contributed by atoms with Crippen molar-refractivity contribution in [3.8, 4) is 0 Å². The van der Waals surface area contributed by atoms with Crippen LogP contribution in [0.2, 0.25) is 0 Å². The summed E-state index contributed by atoms with van der Waals surface area (Å²) < 4.78 is 1.85. The van der Waals surface area contributed by atoms with Gasteiger partial charge in [0.25, 0.3) is 0 Å². The Hall–Kier alpha value is -1.20. The summed E-state index contributed by atoms with van der Waals surface area (Å²) in [6.07, 6.45) is 2.06. The number of thiazole rings is 1.